The summed E-state index contributed by atoms with van der Waals surface area (Å²) in [5.41, 5.74) is 2.63. The van der Waals surface area contributed by atoms with Gasteiger partial charge >= 0.3 is 0 Å². The highest BCUT2D eigenvalue weighted by molar-refractivity contribution is 6.05. The minimum Gasteiger partial charge on any atom is -0.495 e. The number of nitrogens with one attached hydrogen (secondary N) is 2. The van der Waals surface area contributed by atoms with Gasteiger partial charge in [-0.15, -0.1) is 0 Å². The molecule has 0 bridgehead atoms. The number of ether oxygens (including phenoxy) is 1. The number of benzene rings is 2. The summed E-state index contributed by atoms with van der Waals surface area (Å²) in [4.78, 5) is 41.3. The quantitative estimate of drug-likeness (QED) is 0.609. The number of nitrogens with zero attached hydrogens (tertiary/aromatic N) is 2. The number of methoxy groups -OCH3 is 1. The molecule has 4 rings (SSSR count). The van der Waals surface area contributed by atoms with Gasteiger partial charge in [0.15, 0.2) is 0 Å². The standard InChI is InChI=1S/C26H24N4O4/c1-34-23-8-6-20(14-22(23)29-25(32)21-7-9-24(31)28-16-21)26(33)30-12-10-19(11-13-30)18-4-2-17(15-27)3-5-18/h2-9,14,16,19H,10-13H2,1H3,(H,28,31)(H,29,32). The lowest BCUT2D eigenvalue weighted by atomic mass is 9.89. The molecule has 172 valence electrons. The van der Waals surface area contributed by atoms with Gasteiger partial charge < -0.3 is 19.9 Å². The number of aromatic nitrogens is 1. The van der Waals surface area contributed by atoms with Crippen LogP contribution in [-0.2, 0) is 0 Å². The highest BCUT2D eigenvalue weighted by Gasteiger charge is 2.25. The third kappa shape index (κ3) is 4.99. The van der Waals surface area contributed by atoms with Crippen molar-refractivity contribution in [3.8, 4) is 11.8 Å². The summed E-state index contributed by atoms with van der Waals surface area (Å²) < 4.78 is 5.34. The van der Waals surface area contributed by atoms with Gasteiger partial charge in [0.25, 0.3) is 11.8 Å². The van der Waals surface area contributed by atoms with Crippen molar-refractivity contribution in [2.45, 2.75) is 18.8 Å². The summed E-state index contributed by atoms with van der Waals surface area (Å²) >= 11 is 0. The number of aromatic amines is 1. The molecule has 2 heterocycles. The fourth-order valence-corrected chi connectivity index (χ4v) is 4.11. The van der Waals surface area contributed by atoms with Gasteiger partial charge in [-0.25, -0.2) is 0 Å². The van der Waals surface area contributed by atoms with Gasteiger partial charge in [0.2, 0.25) is 5.56 Å². The number of hydrogen-bond acceptors (Lipinski definition) is 5. The summed E-state index contributed by atoms with van der Waals surface area (Å²) in [6, 6.07) is 17.4. The molecule has 8 heteroatoms. The Hall–Kier alpha value is -4.38. The van der Waals surface area contributed by atoms with Crippen molar-refractivity contribution in [2.24, 2.45) is 0 Å². The molecule has 0 radical (unpaired) electrons. The maximum absolute atomic E-state index is 13.2. The molecule has 2 aromatic carbocycles. The molecule has 2 N–H and O–H groups in total. The Morgan fingerprint density at radius 3 is 2.38 bits per heavy atom. The Kier molecular flexibility index (Phi) is 6.74. The monoisotopic (exact) mass is 456 g/mol. The number of carbonyl (C=O) groups is 2. The molecule has 1 aliphatic heterocycles. The van der Waals surface area contributed by atoms with Gasteiger partial charge in [-0.05, 0) is 60.7 Å². The fraction of sp³-hybridized carbons (Fsp3) is 0.231. The second-order valence-corrected chi connectivity index (χ2v) is 8.11. The van der Waals surface area contributed by atoms with E-state index in [2.05, 4.69) is 16.4 Å². The third-order valence-corrected chi connectivity index (χ3v) is 6.03. The number of likely N-dealkylation sites (tertiary alicyclic amines) is 1. The van der Waals surface area contributed by atoms with E-state index in [1.54, 1.807) is 18.2 Å². The van der Waals surface area contributed by atoms with Crippen molar-refractivity contribution >= 4 is 17.5 Å². The van der Waals surface area contributed by atoms with Crippen molar-refractivity contribution in [2.75, 3.05) is 25.5 Å². The SMILES string of the molecule is COc1ccc(C(=O)N2CCC(c3ccc(C#N)cc3)CC2)cc1NC(=O)c1ccc(=O)[nH]c1. The van der Waals surface area contributed by atoms with Crippen LogP contribution in [0.1, 0.15) is 50.6 Å². The smallest absolute Gasteiger partial charge is 0.257 e. The maximum atomic E-state index is 13.2. The normalized spacial score (nSPS) is 13.7. The van der Waals surface area contributed by atoms with E-state index in [9.17, 15) is 14.4 Å². The molecule has 2 amide bonds. The minimum atomic E-state index is -0.428. The first-order valence-electron chi connectivity index (χ1n) is 11.0. The number of piperidine rings is 1. The Morgan fingerprint density at radius 1 is 1.06 bits per heavy atom. The van der Waals surface area contributed by atoms with Crippen LogP contribution in [-0.4, -0.2) is 41.9 Å². The van der Waals surface area contributed by atoms with Crippen molar-refractivity contribution in [1.29, 1.82) is 5.26 Å². The van der Waals surface area contributed by atoms with Crippen LogP contribution in [0.25, 0.3) is 0 Å². The van der Waals surface area contributed by atoms with E-state index in [4.69, 9.17) is 10.00 Å². The molecular weight excluding hydrogens is 432 g/mol. The van der Waals surface area contributed by atoms with Gasteiger partial charge in [-0.2, -0.15) is 5.26 Å². The summed E-state index contributed by atoms with van der Waals surface area (Å²) in [5.74, 6) is 0.233. The molecule has 1 aliphatic rings. The van der Waals surface area contributed by atoms with Crippen LogP contribution >= 0.6 is 0 Å². The zero-order chi connectivity index (χ0) is 24.1. The molecule has 1 aromatic heterocycles. The lowest BCUT2D eigenvalue weighted by molar-refractivity contribution is 0.0712. The Morgan fingerprint density at radius 2 is 1.76 bits per heavy atom. The molecule has 0 spiro atoms. The highest BCUT2D eigenvalue weighted by Crippen LogP contribution is 2.30. The lowest BCUT2D eigenvalue weighted by Gasteiger charge is -2.32. The summed E-state index contributed by atoms with van der Waals surface area (Å²) in [6.45, 7) is 1.24. The number of amides is 2. The van der Waals surface area contributed by atoms with Crippen LogP contribution in [0, 0.1) is 11.3 Å². The molecule has 3 aromatic rings. The molecule has 0 aliphatic carbocycles. The molecular formula is C26H24N4O4. The second kappa shape index (κ2) is 10.0. The predicted molar refractivity (Wildman–Crippen MR) is 127 cm³/mol. The van der Waals surface area contributed by atoms with Crippen LogP contribution < -0.4 is 15.6 Å². The first-order chi connectivity index (χ1) is 16.5. The average molecular weight is 457 g/mol. The number of rotatable bonds is 5. The van der Waals surface area contributed by atoms with E-state index in [0.29, 0.717) is 41.6 Å². The van der Waals surface area contributed by atoms with Crippen molar-refractivity contribution in [1.82, 2.24) is 9.88 Å². The van der Waals surface area contributed by atoms with E-state index in [0.717, 1.165) is 12.8 Å². The topological polar surface area (TPSA) is 115 Å². The molecule has 1 saturated heterocycles. The zero-order valence-electron chi connectivity index (χ0n) is 18.7. The zero-order valence-corrected chi connectivity index (χ0v) is 18.7. The highest BCUT2D eigenvalue weighted by atomic mass is 16.5. The van der Waals surface area contributed by atoms with E-state index >= 15 is 0 Å². The fourth-order valence-electron chi connectivity index (χ4n) is 4.11. The van der Waals surface area contributed by atoms with E-state index < -0.39 is 5.91 Å². The number of carbonyl (C=O) groups excluding carboxylic acids is 2. The van der Waals surface area contributed by atoms with Crippen LogP contribution in [0.15, 0.2) is 65.6 Å². The second-order valence-electron chi connectivity index (χ2n) is 8.11. The number of pyridine rings is 1. The van der Waals surface area contributed by atoms with Crippen LogP contribution in [0.2, 0.25) is 0 Å². The number of hydrogen-bond donors (Lipinski definition) is 2. The van der Waals surface area contributed by atoms with E-state index in [1.807, 2.05) is 29.2 Å². The first-order valence-corrected chi connectivity index (χ1v) is 11.0. The molecule has 0 atom stereocenters. The van der Waals surface area contributed by atoms with Gasteiger partial charge in [0.05, 0.1) is 30.0 Å². The van der Waals surface area contributed by atoms with Crippen LogP contribution in [0.5, 0.6) is 5.75 Å². The summed E-state index contributed by atoms with van der Waals surface area (Å²) in [5, 5.41) is 11.7. The molecule has 1 fully saturated rings. The van der Waals surface area contributed by atoms with Gasteiger partial charge in [0, 0.05) is 30.9 Å². The van der Waals surface area contributed by atoms with Gasteiger partial charge in [-0.1, -0.05) is 12.1 Å². The lowest BCUT2D eigenvalue weighted by Crippen LogP contribution is -2.38. The Bertz CT molecular complexity index is 1280. The first kappa shape index (κ1) is 22.8. The minimum absolute atomic E-state index is 0.111. The summed E-state index contributed by atoms with van der Waals surface area (Å²) in [7, 11) is 1.49. The average Bonchev–Trinajstić information content (AvgIpc) is 2.88. The predicted octanol–water partition coefficient (Wildman–Crippen LogP) is 3.53. The van der Waals surface area contributed by atoms with Crippen molar-refractivity contribution < 1.29 is 14.3 Å². The number of anilines is 1. The van der Waals surface area contributed by atoms with E-state index in [-0.39, 0.29) is 17.0 Å². The van der Waals surface area contributed by atoms with Crippen LogP contribution in [0.3, 0.4) is 0 Å². The Labute approximate surface area is 196 Å². The van der Waals surface area contributed by atoms with Crippen molar-refractivity contribution in [3.63, 3.8) is 0 Å². The Balaban J connectivity index is 1.45. The molecule has 8 nitrogen and oxygen atoms in total. The number of nitriles is 1. The maximum Gasteiger partial charge on any atom is 0.257 e. The van der Waals surface area contributed by atoms with Gasteiger partial charge in [-0.3, -0.25) is 14.4 Å². The third-order valence-electron chi connectivity index (χ3n) is 6.03. The summed E-state index contributed by atoms with van der Waals surface area (Å²) in [6.07, 6.45) is 3.00. The molecule has 0 saturated carbocycles. The largest absolute Gasteiger partial charge is 0.495 e. The molecule has 0 unspecified atom stereocenters. The van der Waals surface area contributed by atoms with Gasteiger partial charge in [0.1, 0.15) is 5.75 Å². The van der Waals surface area contributed by atoms with E-state index in [1.165, 1.54) is 31.0 Å². The number of H-pyrrole nitrogens is 1. The van der Waals surface area contributed by atoms with Crippen LogP contribution in [0.4, 0.5) is 5.69 Å². The van der Waals surface area contributed by atoms with Crippen molar-refractivity contribution in [3.05, 3.63) is 93.4 Å². The molecule has 34 heavy (non-hydrogen) atoms.